The standard InChI is InChI=1S/C16H21FN2O2S/c1-22(21)15-8-7-12(10-13(15)17)18-16(20)19-9-3-5-11-4-2-6-14(11)19/h7-8,10-11,14H,2-6,9H2,1H3,(H,18,20). The summed E-state index contributed by atoms with van der Waals surface area (Å²) in [6, 6.07) is 4.50. The maximum absolute atomic E-state index is 13.9. The molecule has 1 aliphatic heterocycles. The fraction of sp³-hybridized carbons (Fsp3) is 0.562. The molecule has 4 nitrogen and oxygen atoms in total. The van der Waals surface area contributed by atoms with Crippen LogP contribution < -0.4 is 5.32 Å². The van der Waals surface area contributed by atoms with Gasteiger partial charge in [-0.3, -0.25) is 4.21 Å². The van der Waals surface area contributed by atoms with Crippen molar-refractivity contribution in [1.82, 2.24) is 4.90 Å². The fourth-order valence-electron chi connectivity index (χ4n) is 3.71. The summed E-state index contributed by atoms with van der Waals surface area (Å²) in [5, 5.41) is 2.78. The number of nitrogens with one attached hydrogen (secondary N) is 1. The molecule has 0 aromatic heterocycles. The monoisotopic (exact) mass is 324 g/mol. The van der Waals surface area contributed by atoms with Gasteiger partial charge in [0, 0.05) is 24.5 Å². The topological polar surface area (TPSA) is 49.4 Å². The number of hydrogen-bond acceptors (Lipinski definition) is 2. The highest BCUT2D eigenvalue weighted by molar-refractivity contribution is 7.84. The molecular formula is C16H21FN2O2S. The highest BCUT2D eigenvalue weighted by atomic mass is 32.2. The van der Waals surface area contributed by atoms with Gasteiger partial charge in [-0.05, 0) is 49.8 Å². The van der Waals surface area contributed by atoms with Crippen LogP contribution in [0.2, 0.25) is 0 Å². The normalized spacial score (nSPS) is 25.6. The first-order valence-corrected chi connectivity index (χ1v) is 9.32. The van der Waals surface area contributed by atoms with Crippen LogP contribution in [-0.4, -0.2) is 34.0 Å². The SMILES string of the molecule is CS(=O)c1ccc(NC(=O)N2CCCC3CCCC32)cc1F. The second-order valence-electron chi connectivity index (χ2n) is 6.12. The number of halogens is 1. The number of likely N-dealkylation sites (tertiary alicyclic amines) is 1. The van der Waals surface area contributed by atoms with Crippen molar-refractivity contribution >= 4 is 22.5 Å². The Hall–Kier alpha value is -1.43. The number of piperidine rings is 1. The molecule has 1 heterocycles. The van der Waals surface area contributed by atoms with Gasteiger partial charge in [-0.15, -0.1) is 0 Å². The van der Waals surface area contributed by atoms with E-state index in [0.29, 0.717) is 17.6 Å². The van der Waals surface area contributed by atoms with Crippen LogP contribution in [0.25, 0.3) is 0 Å². The Morgan fingerprint density at radius 3 is 2.82 bits per heavy atom. The van der Waals surface area contributed by atoms with Crippen LogP contribution in [0.3, 0.4) is 0 Å². The van der Waals surface area contributed by atoms with Crippen LogP contribution in [0.15, 0.2) is 23.1 Å². The first-order valence-electron chi connectivity index (χ1n) is 7.77. The summed E-state index contributed by atoms with van der Waals surface area (Å²) in [6.07, 6.45) is 7.15. The zero-order chi connectivity index (χ0) is 15.7. The number of rotatable bonds is 2. The van der Waals surface area contributed by atoms with E-state index in [1.165, 1.54) is 37.7 Å². The van der Waals surface area contributed by atoms with Crippen LogP contribution in [0, 0.1) is 11.7 Å². The smallest absolute Gasteiger partial charge is 0.321 e. The lowest BCUT2D eigenvalue weighted by atomic mass is 9.92. The van der Waals surface area contributed by atoms with Crippen molar-refractivity contribution in [1.29, 1.82) is 0 Å². The van der Waals surface area contributed by atoms with E-state index in [4.69, 9.17) is 0 Å². The third-order valence-corrected chi connectivity index (χ3v) is 5.70. The molecule has 3 atom stereocenters. The van der Waals surface area contributed by atoms with Crippen LogP contribution >= 0.6 is 0 Å². The third-order valence-electron chi connectivity index (χ3n) is 4.75. The molecule has 2 amide bonds. The summed E-state index contributed by atoms with van der Waals surface area (Å²) in [6.45, 7) is 0.770. The van der Waals surface area contributed by atoms with Gasteiger partial charge < -0.3 is 10.2 Å². The predicted octanol–water partition coefficient (Wildman–Crippen LogP) is 3.36. The molecule has 1 aromatic carbocycles. The second kappa shape index (κ2) is 6.36. The van der Waals surface area contributed by atoms with E-state index >= 15 is 0 Å². The first kappa shape index (κ1) is 15.5. The van der Waals surface area contributed by atoms with Gasteiger partial charge in [0.25, 0.3) is 0 Å². The van der Waals surface area contributed by atoms with Crippen LogP contribution in [0.4, 0.5) is 14.9 Å². The summed E-state index contributed by atoms with van der Waals surface area (Å²) in [4.78, 5) is 14.5. The fourth-order valence-corrected chi connectivity index (χ4v) is 4.31. The van der Waals surface area contributed by atoms with Crippen molar-refractivity contribution in [2.24, 2.45) is 5.92 Å². The zero-order valence-corrected chi connectivity index (χ0v) is 13.5. The highest BCUT2D eigenvalue weighted by Gasteiger charge is 2.37. The van der Waals surface area contributed by atoms with Gasteiger partial charge in [0.1, 0.15) is 5.82 Å². The van der Waals surface area contributed by atoms with Gasteiger partial charge in [0.2, 0.25) is 0 Å². The lowest BCUT2D eigenvalue weighted by Gasteiger charge is -2.37. The van der Waals surface area contributed by atoms with Crippen molar-refractivity contribution in [3.63, 3.8) is 0 Å². The summed E-state index contributed by atoms with van der Waals surface area (Å²) >= 11 is 0. The second-order valence-corrected chi connectivity index (χ2v) is 7.47. The molecular weight excluding hydrogens is 303 g/mol. The highest BCUT2D eigenvalue weighted by Crippen LogP contribution is 2.37. The number of urea groups is 1. The van der Waals surface area contributed by atoms with E-state index < -0.39 is 16.6 Å². The number of hydrogen-bond donors (Lipinski definition) is 1. The number of carbonyl (C=O) groups excluding carboxylic acids is 1. The van der Waals surface area contributed by atoms with Crippen molar-refractivity contribution in [2.45, 2.75) is 43.0 Å². The molecule has 0 bridgehead atoms. The largest absolute Gasteiger partial charge is 0.322 e. The Morgan fingerprint density at radius 2 is 2.09 bits per heavy atom. The molecule has 2 aliphatic rings. The minimum atomic E-state index is -1.37. The Kier molecular flexibility index (Phi) is 4.47. The maximum Gasteiger partial charge on any atom is 0.322 e. The Labute approximate surface area is 132 Å². The number of carbonyl (C=O) groups is 1. The average molecular weight is 324 g/mol. The molecule has 1 saturated carbocycles. The van der Waals surface area contributed by atoms with E-state index in [1.54, 1.807) is 6.07 Å². The molecule has 1 N–H and O–H groups in total. The molecule has 2 fully saturated rings. The van der Waals surface area contributed by atoms with E-state index in [-0.39, 0.29) is 10.9 Å². The molecule has 6 heteroatoms. The minimum Gasteiger partial charge on any atom is -0.321 e. The van der Waals surface area contributed by atoms with Gasteiger partial charge in [0.15, 0.2) is 0 Å². The van der Waals surface area contributed by atoms with Gasteiger partial charge in [-0.25, -0.2) is 9.18 Å². The van der Waals surface area contributed by atoms with E-state index in [9.17, 15) is 13.4 Å². The molecule has 1 aliphatic carbocycles. The van der Waals surface area contributed by atoms with Gasteiger partial charge in [-0.1, -0.05) is 6.42 Å². The van der Waals surface area contributed by atoms with Crippen LogP contribution in [0.1, 0.15) is 32.1 Å². The zero-order valence-electron chi connectivity index (χ0n) is 12.7. The number of nitrogens with zero attached hydrogens (tertiary/aromatic N) is 1. The summed E-state index contributed by atoms with van der Waals surface area (Å²) in [5.41, 5.74) is 0.414. The number of anilines is 1. The summed E-state index contributed by atoms with van der Waals surface area (Å²) in [7, 11) is -1.37. The first-order chi connectivity index (χ1) is 10.6. The van der Waals surface area contributed by atoms with E-state index in [2.05, 4.69) is 5.32 Å². The number of benzene rings is 1. The lowest BCUT2D eigenvalue weighted by molar-refractivity contribution is 0.138. The van der Waals surface area contributed by atoms with Gasteiger partial charge in [-0.2, -0.15) is 0 Å². The van der Waals surface area contributed by atoms with E-state index in [1.807, 2.05) is 4.90 Å². The van der Waals surface area contributed by atoms with Crippen LogP contribution in [0.5, 0.6) is 0 Å². The molecule has 1 saturated heterocycles. The maximum atomic E-state index is 13.9. The average Bonchev–Trinajstić information content (AvgIpc) is 2.95. The molecule has 1 aromatic rings. The molecule has 3 unspecified atom stereocenters. The molecule has 3 rings (SSSR count). The Morgan fingerprint density at radius 1 is 1.32 bits per heavy atom. The van der Waals surface area contributed by atoms with Crippen molar-refractivity contribution in [3.8, 4) is 0 Å². The number of amides is 2. The van der Waals surface area contributed by atoms with Gasteiger partial charge >= 0.3 is 6.03 Å². The van der Waals surface area contributed by atoms with E-state index in [0.717, 1.165) is 19.4 Å². The molecule has 22 heavy (non-hydrogen) atoms. The Bertz CT molecular complexity index is 608. The molecule has 120 valence electrons. The number of fused-ring (bicyclic) bond motifs is 1. The minimum absolute atomic E-state index is 0.152. The molecule has 0 spiro atoms. The van der Waals surface area contributed by atoms with Gasteiger partial charge in [0.05, 0.1) is 15.7 Å². The third kappa shape index (κ3) is 3.02. The Balaban J connectivity index is 1.71. The van der Waals surface area contributed by atoms with Crippen molar-refractivity contribution in [2.75, 3.05) is 18.1 Å². The lowest BCUT2D eigenvalue weighted by Crippen LogP contribution is -2.48. The van der Waals surface area contributed by atoms with Crippen molar-refractivity contribution in [3.05, 3.63) is 24.0 Å². The summed E-state index contributed by atoms with van der Waals surface area (Å²) < 4.78 is 25.2. The quantitative estimate of drug-likeness (QED) is 0.907. The summed E-state index contributed by atoms with van der Waals surface area (Å²) in [5.74, 6) is 0.0807. The predicted molar refractivity (Wildman–Crippen MR) is 84.8 cm³/mol. The van der Waals surface area contributed by atoms with Crippen LogP contribution in [-0.2, 0) is 10.8 Å². The van der Waals surface area contributed by atoms with Crippen molar-refractivity contribution < 1.29 is 13.4 Å². The molecule has 0 radical (unpaired) electrons.